The van der Waals surface area contributed by atoms with E-state index in [0.717, 1.165) is 28.3 Å². The van der Waals surface area contributed by atoms with Crippen LogP contribution in [0.25, 0.3) is 34.1 Å². The Morgan fingerprint density at radius 1 is 0.775 bits per heavy atom. The van der Waals surface area contributed by atoms with Crippen LogP contribution in [0.2, 0.25) is 0 Å². The first-order valence-corrected chi connectivity index (χ1v) is 13.8. The van der Waals surface area contributed by atoms with Crippen molar-refractivity contribution < 1.29 is 25.2 Å². The zero-order valence-corrected chi connectivity index (χ0v) is 23.5. The molecule has 3 aromatic heterocycles. The van der Waals surface area contributed by atoms with E-state index in [1.54, 1.807) is 6.20 Å². The summed E-state index contributed by atoms with van der Waals surface area (Å²) in [6, 6.07) is 37.5. The molecular formula is C34H21N3OPdS. The van der Waals surface area contributed by atoms with Crippen LogP contribution in [0.3, 0.4) is 0 Å². The molecule has 40 heavy (non-hydrogen) atoms. The summed E-state index contributed by atoms with van der Waals surface area (Å²) >= 11 is 1.95. The second-order valence-corrected chi connectivity index (χ2v) is 10.8. The summed E-state index contributed by atoms with van der Waals surface area (Å²) in [5, 5.41) is 1.56. The Hall–Kier alpha value is -3.95. The molecule has 0 radical (unpaired) electrons. The molecule has 0 bridgehead atoms. The first kappa shape index (κ1) is 25.0. The van der Waals surface area contributed by atoms with Crippen molar-refractivity contribution >= 4 is 28.9 Å². The minimum atomic E-state index is 0. The van der Waals surface area contributed by atoms with Crippen LogP contribution >= 0.6 is 11.8 Å². The van der Waals surface area contributed by atoms with E-state index < -0.39 is 0 Å². The van der Waals surface area contributed by atoms with Gasteiger partial charge in [-0.05, 0) is 47.2 Å². The van der Waals surface area contributed by atoms with Crippen LogP contribution in [0.5, 0.6) is 11.5 Å². The SMILES string of the molecule is [Pd+2].[c-]1c(Oc2[c-]c(-n3c4c(c5cccnc53)C3c5ccccc5SC3C=C4)ccc2)cccc1-c1ccccn1. The number of nitrogens with zero attached hydrogens (tertiary/aromatic N) is 3. The number of rotatable bonds is 4. The first-order valence-electron chi connectivity index (χ1n) is 12.9. The van der Waals surface area contributed by atoms with Crippen molar-refractivity contribution in [2.45, 2.75) is 16.1 Å². The summed E-state index contributed by atoms with van der Waals surface area (Å²) in [4.78, 5) is 10.6. The van der Waals surface area contributed by atoms with Gasteiger partial charge in [0.25, 0.3) is 0 Å². The normalized spacial score (nSPS) is 16.6. The number of aromatic nitrogens is 3. The maximum absolute atomic E-state index is 6.26. The maximum atomic E-state index is 6.26. The molecule has 3 aromatic carbocycles. The molecule has 0 fully saturated rings. The molecule has 194 valence electrons. The molecule has 2 aliphatic rings. The van der Waals surface area contributed by atoms with Gasteiger partial charge >= 0.3 is 20.4 Å². The van der Waals surface area contributed by atoms with Crippen molar-refractivity contribution in [3.05, 3.63) is 138 Å². The van der Waals surface area contributed by atoms with Crippen LogP contribution in [-0.4, -0.2) is 19.8 Å². The van der Waals surface area contributed by atoms with Crippen LogP contribution in [0.4, 0.5) is 0 Å². The van der Waals surface area contributed by atoms with Crippen molar-refractivity contribution in [1.82, 2.24) is 14.5 Å². The van der Waals surface area contributed by atoms with Gasteiger partial charge < -0.3 is 14.3 Å². The maximum Gasteiger partial charge on any atom is 2.00 e. The first-order chi connectivity index (χ1) is 19.3. The van der Waals surface area contributed by atoms with Crippen molar-refractivity contribution in [1.29, 1.82) is 0 Å². The fourth-order valence-corrected chi connectivity index (χ4v) is 7.07. The Balaban J connectivity index is 0.00000264. The third-order valence-electron chi connectivity index (χ3n) is 7.33. The minimum absolute atomic E-state index is 0. The van der Waals surface area contributed by atoms with E-state index in [1.165, 1.54) is 21.4 Å². The Morgan fingerprint density at radius 2 is 1.60 bits per heavy atom. The molecule has 0 amide bonds. The largest absolute Gasteiger partial charge is 2.00 e. The third-order valence-corrected chi connectivity index (χ3v) is 8.66. The molecule has 0 saturated heterocycles. The van der Waals surface area contributed by atoms with E-state index in [9.17, 15) is 0 Å². The van der Waals surface area contributed by atoms with E-state index >= 15 is 0 Å². The zero-order valence-electron chi connectivity index (χ0n) is 21.1. The van der Waals surface area contributed by atoms with Gasteiger partial charge in [-0.3, -0.25) is 0 Å². The monoisotopic (exact) mass is 625 g/mol. The molecule has 4 heterocycles. The Bertz CT molecular complexity index is 1900. The van der Waals surface area contributed by atoms with Crippen molar-refractivity contribution in [3.8, 4) is 28.4 Å². The van der Waals surface area contributed by atoms with Crippen LogP contribution in [0, 0.1) is 12.1 Å². The van der Waals surface area contributed by atoms with Crippen molar-refractivity contribution in [2.75, 3.05) is 0 Å². The summed E-state index contributed by atoms with van der Waals surface area (Å²) in [7, 11) is 0. The molecular weight excluding hydrogens is 605 g/mol. The van der Waals surface area contributed by atoms with Gasteiger partial charge in [0.05, 0.1) is 0 Å². The summed E-state index contributed by atoms with van der Waals surface area (Å²) in [6.07, 6.45) is 8.23. The van der Waals surface area contributed by atoms with Crippen LogP contribution in [0.1, 0.15) is 22.7 Å². The molecule has 2 unspecified atom stereocenters. The molecule has 2 atom stereocenters. The summed E-state index contributed by atoms with van der Waals surface area (Å²) < 4.78 is 8.47. The standard InChI is InChI=1S/C34H21N3OS.Pd/c1-2-15-30-26(12-1)33-31(39-30)17-16-29-32(33)27-13-7-19-36-34(27)37(29)23-9-6-11-25(21-23)38-24-10-5-8-22(20-24)28-14-3-4-18-35-28;/h1-19,31,33H;/q-2;+2. The van der Waals surface area contributed by atoms with Gasteiger partial charge in [-0.15, -0.1) is 53.7 Å². The van der Waals surface area contributed by atoms with Gasteiger partial charge in [-0.25, -0.2) is 4.98 Å². The molecule has 0 spiro atoms. The topological polar surface area (TPSA) is 39.9 Å². The Labute approximate surface area is 250 Å². The summed E-state index contributed by atoms with van der Waals surface area (Å²) in [5.41, 5.74) is 7.44. The number of hydrogen-bond acceptors (Lipinski definition) is 4. The van der Waals surface area contributed by atoms with E-state index in [0.29, 0.717) is 22.7 Å². The van der Waals surface area contributed by atoms with Crippen LogP contribution in [0.15, 0.2) is 114 Å². The zero-order chi connectivity index (χ0) is 25.8. The number of benzene rings is 3. The van der Waals surface area contributed by atoms with Gasteiger partial charge in [0, 0.05) is 51.0 Å². The van der Waals surface area contributed by atoms with Gasteiger partial charge in [0.2, 0.25) is 0 Å². The van der Waals surface area contributed by atoms with E-state index in [1.807, 2.05) is 72.6 Å². The third kappa shape index (κ3) is 4.12. The Kier molecular flexibility index (Phi) is 6.40. The molecule has 6 aromatic rings. The minimum Gasteiger partial charge on any atom is -0.503 e. The number of pyridine rings is 2. The number of hydrogen-bond donors (Lipinski definition) is 0. The molecule has 1 aliphatic carbocycles. The molecule has 6 heteroatoms. The second-order valence-electron chi connectivity index (χ2n) is 9.61. The fourth-order valence-electron chi connectivity index (χ4n) is 5.71. The molecule has 0 N–H and O–H groups in total. The fraction of sp³-hybridized carbons (Fsp3) is 0.0588. The van der Waals surface area contributed by atoms with E-state index in [4.69, 9.17) is 9.72 Å². The van der Waals surface area contributed by atoms with Crippen molar-refractivity contribution in [3.63, 3.8) is 0 Å². The molecule has 0 saturated carbocycles. The summed E-state index contributed by atoms with van der Waals surface area (Å²) in [5.74, 6) is 1.53. The van der Waals surface area contributed by atoms with Gasteiger partial charge in [0.15, 0.2) is 0 Å². The quantitative estimate of drug-likeness (QED) is 0.147. The smallest absolute Gasteiger partial charge is 0.503 e. The van der Waals surface area contributed by atoms with Crippen LogP contribution < -0.4 is 4.74 Å². The second kappa shape index (κ2) is 10.2. The Morgan fingerprint density at radius 3 is 2.50 bits per heavy atom. The molecule has 1 aliphatic heterocycles. The van der Waals surface area contributed by atoms with E-state index in [2.05, 4.69) is 70.2 Å². The predicted octanol–water partition coefficient (Wildman–Crippen LogP) is 8.11. The van der Waals surface area contributed by atoms with Crippen molar-refractivity contribution in [2.24, 2.45) is 0 Å². The molecule has 4 nitrogen and oxygen atoms in total. The summed E-state index contributed by atoms with van der Waals surface area (Å²) in [6.45, 7) is 0. The van der Waals surface area contributed by atoms with Gasteiger partial charge in [0.1, 0.15) is 5.65 Å². The number of fused-ring (bicyclic) bond motifs is 7. The van der Waals surface area contributed by atoms with Gasteiger partial charge in [-0.1, -0.05) is 48.2 Å². The van der Waals surface area contributed by atoms with Gasteiger partial charge in [-0.2, -0.15) is 6.07 Å². The average molecular weight is 626 g/mol. The predicted molar refractivity (Wildman–Crippen MR) is 155 cm³/mol. The number of ether oxygens (including phenoxy) is 1. The molecule has 8 rings (SSSR count). The van der Waals surface area contributed by atoms with E-state index in [-0.39, 0.29) is 20.4 Å². The van der Waals surface area contributed by atoms with Crippen LogP contribution in [-0.2, 0) is 20.4 Å². The number of thioether (sulfide) groups is 1. The average Bonchev–Trinajstić information content (AvgIpc) is 3.53.